The van der Waals surface area contributed by atoms with E-state index in [0.717, 1.165) is 25.3 Å². The molecule has 1 aliphatic rings. The van der Waals surface area contributed by atoms with E-state index in [1.54, 1.807) is 0 Å². The molecule has 0 bridgehead atoms. The number of benzene rings is 1. The van der Waals surface area contributed by atoms with Gasteiger partial charge in [-0.2, -0.15) is 0 Å². The molecule has 0 aliphatic carbocycles. The maximum Gasteiger partial charge on any atom is 0.124 e. The van der Waals surface area contributed by atoms with E-state index in [1.165, 1.54) is 5.56 Å². The summed E-state index contributed by atoms with van der Waals surface area (Å²) in [5.41, 5.74) is 1.27. The average Bonchev–Trinajstić information content (AvgIpc) is 2.68. The quantitative estimate of drug-likeness (QED) is 0.885. The Hall–Kier alpha value is -1.06. The fourth-order valence-electron chi connectivity index (χ4n) is 2.38. The van der Waals surface area contributed by atoms with Gasteiger partial charge < -0.3 is 14.8 Å². The topological polar surface area (TPSA) is 30.5 Å². The largest absolute Gasteiger partial charge is 0.491 e. The molecule has 3 nitrogen and oxygen atoms in total. The maximum absolute atomic E-state index is 5.85. The average molecular weight is 263 g/mol. The van der Waals surface area contributed by atoms with Crippen LogP contribution in [0.25, 0.3) is 0 Å². The summed E-state index contributed by atoms with van der Waals surface area (Å²) in [6.45, 7) is 10.1. The lowest BCUT2D eigenvalue weighted by atomic mass is 9.94. The summed E-state index contributed by atoms with van der Waals surface area (Å²) in [5, 5.41) is 3.63. The molecule has 2 atom stereocenters. The minimum atomic E-state index is 0.0605. The molecular formula is C16H25NO2. The Morgan fingerprint density at radius 1 is 1.42 bits per heavy atom. The van der Waals surface area contributed by atoms with E-state index in [2.05, 4.69) is 45.1 Å². The van der Waals surface area contributed by atoms with Crippen molar-refractivity contribution in [3.05, 3.63) is 29.8 Å². The molecule has 0 radical (unpaired) electrons. The number of para-hydroxylation sites is 1. The molecule has 106 valence electrons. The highest BCUT2D eigenvalue weighted by Crippen LogP contribution is 2.27. The highest BCUT2D eigenvalue weighted by molar-refractivity contribution is 5.33. The minimum Gasteiger partial charge on any atom is -0.491 e. The Labute approximate surface area is 116 Å². The van der Waals surface area contributed by atoms with Gasteiger partial charge in [0.2, 0.25) is 0 Å². The predicted octanol–water partition coefficient (Wildman–Crippen LogP) is 3.13. The highest BCUT2D eigenvalue weighted by Gasteiger charge is 2.36. The van der Waals surface area contributed by atoms with Crippen molar-refractivity contribution < 1.29 is 9.47 Å². The van der Waals surface area contributed by atoms with Crippen LogP contribution in [0.5, 0.6) is 5.75 Å². The first-order valence-corrected chi connectivity index (χ1v) is 7.12. The second-order valence-corrected chi connectivity index (χ2v) is 5.81. The fourth-order valence-corrected chi connectivity index (χ4v) is 2.38. The van der Waals surface area contributed by atoms with Crippen molar-refractivity contribution in [2.45, 2.75) is 58.4 Å². The molecule has 19 heavy (non-hydrogen) atoms. The molecule has 1 aliphatic heterocycles. The summed E-state index contributed by atoms with van der Waals surface area (Å²) in [4.78, 5) is 0. The van der Waals surface area contributed by atoms with E-state index >= 15 is 0 Å². The van der Waals surface area contributed by atoms with E-state index < -0.39 is 0 Å². The Morgan fingerprint density at radius 3 is 2.79 bits per heavy atom. The third kappa shape index (κ3) is 3.48. The third-order valence-corrected chi connectivity index (χ3v) is 3.90. The summed E-state index contributed by atoms with van der Waals surface area (Å²) in [6, 6.07) is 8.23. The van der Waals surface area contributed by atoms with Gasteiger partial charge in [-0.25, -0.2) is 0 Å². The first-order chi connectivity index (χ1) is 9.01. The molecule has 0 spiro atoms. The SMILES string of the molecule is CC(C)Oc1ccccc1CNC1(C)CCOC1C. The van der Waals surface area contributed by atoms with Crippen LogP contribution in [0, 0.1) is 0 Å². The number of nitrogens with one attached hydrogen (secondary N) is 1. The zero-order valence-electron chi connectivity index (χ0n) is 12.4. The van der Waals surface area contributed by atoms with Crippen molar-refractivity contribution in [1.29, 1.82) is 0 Å². The first kappa shape index (κ1) is 14.4. The van der Waals surface area contributed by atoms with Gasteiger partial charge in [-0.15, -0.1) is 0 Å². The monoisotopic (exact) mass is 263 g/mol. The zero-order chi connectivity index (χ0) is 13.9. The van der Waals surface area contributed by atoms with Gasteiger partial charge in [-0.05, 0) is 40.2 Å². The van der Waals surface area contributed by atoms with E-state index in [0.29, 0.717) is 0 Å². The Balaban J connectivity index is 2.03. The molecule has 1 aromatic carbocycles. The van der Waals surface area contributed by atoms with Crippen molar-refractivity contribution >= 4 is 0 Å². The minimum absolute atomic E-state index is 0.0605. The van der Waals surface area contributed by atoms with Crippen LogP contribution in [0.3, 0.4) is 0 Å². The van der Waals surface area contributed by atoms with Crippen LogP contribution in [-0.2, 0) is 11.3 Å². The van der Waals surface area contributed by atoms with Gasteiger partial charge in [-0.3, -0.25) is 0 Å². The molecular weight excluding hydrogens is 238 g/mol. The van der Waals surface area contributed by atoms with E-state index in [1.807, 2.05) is 12.1 Å². The fraction of sp³-hybridized carbons (Fsp3) is 0.625. The number of hydrogen-bond acceptors (Lipinski definition) is 3. The third-order valence-electron chi connectivity index (χ3n) is 3.90. The summed E-state index contributed by atoms with van der Waals surface area (Å²) < 4.78 is 11.5. The standard InChI is InChI=1S/C16H25NO2/c1-12(2)19-15-8-6-5-7-14(15)11-17-16(4)9-10-18-13(16)3/h5-8,12-13,17H,9-11H2,1-4H3. The van der Waals surface area contributed by atoms with Crippen LogP contribution in [0.15, 0.2) is 24.3 Å². The predicted molar refractivity (Wildman–Crippen MR) is 77.5 cm³/mol. The molecule has 1 heterocycles. The lowest BCUT2D eigenvalue weighted by Gasteiger charge is -2.29. The van der Waals surface area contributed by atoms with Crippen LogP contribution < -0.4 is 10.1 Å². The van der Waals surface area contributed by atoms with Gasteiger partial charge in [-0.1, -0.05) is 18.2 Å². The van der Waals surface area contributed by atoms with E-state index in [4.69, 9.17) is 9.47 Å². The summed E-state index contributed by atoms with van der Waals surface area (Å²) in [5.74, 6) is 0.972. The van der Waals surface area contributed by atoms with Crippen molar-refractivity contribution in [1.82, 2.24) is 5.32 Å². The first-order valence-electron chi connectivity index (χ1n) is 7.12. The lowest BCUT2D eigenvalue weighted by molar-refractivity contribution is 0.0880. The van der Waals surface area contributed by atoms with Crippen molar-refractivity contribution in [2.75, 3.05) is 6.61 Å². The van der Waals surface area contributed by atoms with Crippen LogP contribution in [0.1, 0.15) is 39.7 Å². The number of hydrogen-bond donors (Lipinski definition) is 1. The van der Waals surface area contributed by atoms with E-state index in [9.17, 15) is 0 Å². The van der Waals surface area contributed by atoms with Crippen LogP contribution >= 0.6 is 0 Å². The van der Waals surface area contributed by atoms with Crippen molar-refractivity contribution in [2.24, 2.45) is 0 Å². The molecule has 0 aromatic heterocycles. The summed E-state index contributed by atoms with van der Waals surface area (Å²) >= 11 is 0. The zero-order valence-corrected chi connectivity index (χ0v) is 12.4. The maximum atomic E-state index is 5.85. The van der Waals surface area contributed by atoms with Crippen molar-refractivity contribution in [3.8, 4) is 5.75 Å². The van der Waals surface area contributed by atoms with Gasteiger partial charge in [0.05, 0.1) is 12.2 Å². The van der Waals surface area contributed by atoms with Crippen LogP contribution in [0.2, 0.25) is 0 Å². The second-order valence-electron chi connectivity index (χ2n) is 5.81. The second kappa shape index (κ2) is 5.93. The number of ether oxygens (including phenoxy) is 2. The molecule has 0 amide bonds. The molecule has 1 fully saturated rings. The molecule has 1 aromatic rings. The van der Waals surface area contributed by atoms with Crippen LogP contribution in [0.4, 0.5) is 0 Å². The van der Waals surface area contributed by atoms with Crippen molar-refractivity contribution in [3.63, 3.8) is 0 Å². The molecule has 3 heteroatoms. The Kier molecular flexibility index (Phi) is 4.48. The van der Waals surface area contributed by atoms with Gasteiger partial charge >= 0.3 is 0 Å². The lowest BCUT2D eigenvalue weighted by Crippen LogP contribution is -2.47. The highest BCUT2D eigenvalue weighted by atomic mass is 16.5. The molecule has 1 saturated heterocycles. The van der Waals surface area contributed by atoms with E-state index in [-0.39, 0.29) is 17.7 Å². The molecule has 2 rings (SSSR count). The summed E-state index contributed by atoms with van der Waals surface area (Å²) in [7, 11) is 0. The van der Waals surface area contributed by atoms with Gasteiger partial charge in [0.15, 0.2) is 0 Å². The molecule has 0 saturated carbocycles. The van der Waals surface area contributed by atoms with Gasteiger partial charge in [0, 0.05) is 24.3 Å². The Morgan fingerprint density at radius 2 is 2.16 bits per heavy atom. The van der Waals surface area contributed by atoms with Gasteiger partial charge in [0.1, 0.15) is 5.75 Å². The number of rotatable bonds is 5. The van der Waals surface area contributed by atoms with Crippen LogP contribution in [-0.4, -0.2) is 24.4 Å². The smallest absolute Gasteiger partial charge is 0.124 e. The normalized spacial score (nSPS) is 26.9. The molecule has 2 unspecified atom stereocenters. The van der Waals surface area contributed by atoms with Gasteiger partial charge in [0.25, 0.3) is 0 Å². The Bertz CT molecular complexity index is 419. The molecule has 1 N–H and O–H groups in total. The summed E-state index contributed by atoms with van der Waals surface area (Å²) in [6.07, 6.45) is 1.51.